The van der Waals surface area contributed by atoms with Gasteiger partial charge in [-0.25, -0.2) is 0 Å². The summed E-state index contributed by atoms with van der Waals surface area (Å²) in [6.07, 6.45) is 0.113. The molecule has 0 atom stereocenters. The Bertz CT molecular complexity index is 1440. The fourth-order valence-corrected chi connectivity index (χ4v) is 4.86. The van der Waals surface area contributed by atoms with E-state index in [4.69, 9.17) is 21.1 Å². The highest BCUT2D eigenvalue weighted by Gasteiger charge is 2.22. The highest BCUT2D eigenvalue weighted by molar-refractivity contribution is 6.30. The van der Waals surface area contributed by atoms with Gasteiger partial charge in [0.25, 0.3) is 5.91 Å². The van der Waals surface area contributed by atoms with Gasteiger partial charge in [-0.05, 0) is 79.2 Å². The summed E-state index contributed by atoms with van der Waals surface area (Å²) in [5.41, 5.74) is 4.54. The molecule has 0 spiro atoms. The molecule has 1 N–H and O–H groups in total. The van der Waals surface area contributed by atoms with Crippen LogP contribution in [0.4, 0.5) is 11.4 Å². The first-order valence-corrected chi connectivity index (χ1v) is 12.5. The van der Waals surface area contributed by atoms with Gasteiger partial charge >= 0.3 is 0 Å². The topological polar surface area (TPSA) is 72.8 Å². The molecular weight excluding hydrogens is 490 g/mol. The van der Waals surface area contributed by atoms with Gasteiger partial charge in [-0.3, -0.25) is 14.2 Å². The lowest BCUT2D eigenvalue weighted by molar-refractivity contribution is -0.115. The van der Waals surface area contributed by atoms with Crippen molar-refractivity contribution in [3.63, 3.8) is 0 Å². The lowest BCUT2D eigenvalue weighted by Crippen LogP contribution is -2.36. The van der Waals surface area contributed by atoms with E-state index < -0.39 is 0 Å². The number of hydrogen-bond donors (Lipinski definition) is 1. The van der Waals surface area contributed by atoms with Gasteiger partial charge in [-0.2, -0.15) is 0 Å². The molecule has 190 valence electrons. The average Bonchev–Trinajstić information content (AvgIpc) is 3.19. The van der Waals surface area contributed by atoms with Crippen molar-refractivity contribution in [1.82, 2.24) is 4.57 Å². The maximum atomic E-state index is 13.5. The number of aromatic nitrogens is 1. The maximum Gasteiger partial charge on any atom is 0.262 e. The second-order valence-corrected chi connectivity index (χ2v) is 9.40. The van der Waals surface area contributed by atoms with Crippen LogP contribution >= 0.6 is 11.6 Å². The molecule has 0 radical (unpaired) electrons. The SMILES string of the molecule is COc1ccc2c(c1)c(CC(=O)Nc1ccc(N3CCOCC3)cc1)c(C)n2C(=O)c1ccc(Cl)cc1. The number of amides is 1. The molecule has 2 heterocycles. The minimum absolute atomic E-state index is 0.113. The summed E-state index contributed by atoms with van der Waals surface area (Å²) in [6, 6.07) is 20.1. The van der Waals surface area contributed by atoms with E-state index in [-0.39, 0.29) is 18.2 Å². The molecule has 4 aromatic rings. The van der Waals surface area contributed by atoms with E-state index in [9.17, 15) is 9.59 Å². The summed E-state index contributed by atoms with van der Waals surface area (Å²) in [5, 5.41) is 4.36. The monoisotopic (exact) mass is 517 g/mol. The van der Waals surface area contributed by atoms with Gasteiger partial charge in [0.15, 0.2) is 0 Å². The Balaban J connectivity index is 1.41. The number of methoxy groups -OCH3 is 1. The molecule has 37 heavy (non-hydrogen) atoms. The molecule has 0 unspecified atom stereocenters. The van der Waals surface area contributed by atoms with Crippen LogP contribution in [-0.4, -0.2) is 49.8 Å². The van der Waals surface area contributed by atoms with Crippen LogP contribution in [0.5, 0.6) is 5.75 Å². The summed E-state index contributed by atoms with van der Waals surface area (Å²) in [7, 11) is 1.59. The van der Waals surface area contributed by atoms with Gasteiger partial charge in [0.05, 0.1) is 32.3 Å². The number of nitrogens with one attached hydrogen (secondary N) is 1. The zero-order valence-corrected chi connectivity index (χ0v) is 21.5. The highest BCUT2D eigenvalue weighted by Crippen LogP contribution is 2.31. The summed E-state index contributed by atoms with van der Waals surface area (Å²) < 4.78 is 12.5. The maximum absolute atomic E-state index is 13.5. The predicted octanol–water partition coefficient (Wildman–Crippen LogP) is 5.32. The molecule has 5 rings (SSSR count). The van der Waals surface area contributed by atoms with Gasteiger partial charge in [0.2, 0.25) is 5.91 Å². The van der Waals surface area contributed by atoms with Crippen LogP contribution in [0.1, 0.15) is 21.6 Å². The standard InChI is InChI=1S/C29H28ClN3O4/c1-19-25(18-28(34)31-22-7-9-23(10-8-22)32-13-15-37-16-14-32)26-17-24(36-2)11-12-27(26)33(19)29(35)20-3-5-21(30)6-4-20/h3-12,17H,13-16,18H2,1-2H3,(H,31,34). The molecular formula is C29H28ClN3O4. The number of halogens is 1. The van der Waals surface area contributed by atoms with E-state index in [2.05, 4.69) is 10.2 Å². The lowest BCUT2D eigenvalue weighted by Gasteiger charge is -2.28. The Morgan fingerprint density at radius 1 is 1.00 bits per heavy atom. The van der Waals surface area contributed by atoms with Gasteiger partial charge < -0.3 is 19.7 Å². The lowest BCUT2D eigenvalue weighted by atomic mass is 10.1. The Kier molecular flexibility index (Phi) is 7.17. The first-order valence-electron chi connectivity index (χ1n) is 12.2. The third-order valence-electron chi connectivity index (χ3n) is 6.70. The quantitative estimate of drug-likeness (QED) is 0.375. The van der Waals surface area contributed by atoms with Crippen LogP contribution in [0.3, 0.4) is 0 Å². The van der Waals surface area contributed by atoms with Crippen molar-refractivity contribution in [1.29, 1.82) is 0 Å². The Morgan fingerprint density at radius 3 is 2.38 bits per heavy atom. The molecule has 0 bridgehead atoms. The van der Waals surface area contributed by atoms with Crippen molar-refractivity contribution < 1.29 is 19.1 Å². The molecule has 3 aromatic carbocycles. The first-order chi connectivity index (χ1) is 17.9. The summed E-state index contributed by atoms with van der Waals surface area (Å²) in [5.74, 6) is 0.307. The van der Waals surface area contributed by atoms with Crippen molar-refractivity contribution in [3.05, 3.63) is 88.6 Å². The second-order valence-electron chi connectivity index (χ2n) is 8.97. The van der Waals surface area contributed by atoms with E-state index in [0.29, 0.717) is 22.0 Å². The highest BCUT2D eigenvalue weighted by atomic mass is 35.5. The molecule has 0 saturated carbocycles. The van der Waals surface area contributed by atoms with Gasteiger partial charge in [0.1, 0.15) is 5.75 Å². The molecule has 1 amide bonds. The number of nitrogens with zero attached hydrogens (tertiary/aromatic N) is 2. The van der Waals surface area contributed by atoms with Crippen molar-refractivity contribution >= 4 is 45.7 Å². The van der Waals surface area contributed by atoms with Crippen molar-refractivity contribution in [2.45, 2.75) is 13.3 Å². The van der Waals surface area contributed by atoms with Crippen molar-refractivity contribution in [2.75, 3.05) is 43.6 Å². The normalized spacial score (nSPS) is 13.5. The van der Waals surface area contributed by atoms with Gasteiger partial charge in [0, 0.05) is 46.1 Å². The van der Waals surface area contributed by atoms with E-state index in [1.165, 1.54) is 0 Å². The van der Waals surface area contributed by atoms with Crippen molar-refractivity contribution in [3.8, 4) is 5.75 Å². The predicted molar refractivity (Wildman–Crippen MR) is 146 cm³/mol. The number of carbonyl (C=O) groups excluding carboxylic acids is 2. The molecule has 1 aliphatic heterocycles. The zero-order valence-electron chi connectivity index (χ0n) is 20.8. The Hall–Kier alpha value is -3.81. The van der Waals surface area contributed by atoms with E-state index in [1.807, 2.05) is 49.4 Å². The number of carbonyl (C=O) groups is 2. The average molecular weight is 518 g/mol. The minimum Gasteiger partial charge on any atom is -0.497 e. The number of fused-ring (bicyclic) bond motifs is 1. The number of morpholine rings is 1. The molecule has 7 nitrogen and oxygen atoms in total. The van der Waals surface area contributed by atoms with E-state index >= 15 is 0 Å². The molecule has 1 aromatic heterocycles. The third-order valence-corrected chi connectivity index (χ3v) is 6.95. The Labute approximate surface area is 220 Å². The number of hydrogen-bond acceptors (Lipinski definition) is 5. The molecule has 1 aliphatic rings. The van der Waals surface area contributed by atoms with Crippen LogP contribution in [0.2, 0.25) is 5.02 Å². The largest absolute Gasteiger partial charge is 0.497 e. The smallest absolute Gasteiger partial charge is 0.262 e. The fraction of sp³-hybridized carbons (Fsp3) is 0.241. The third kappa shape index (κ3) is 5.19. The summed E-state index contributed by atoms with van der Waals surface area (Å²) >= 11 is 6.01. The molecule has 0 aliphatic carbocycles. The van der Waals surface area contributed by atoms with E-state index in [0.717, 1.165) is 54.1 Å². The van der Waals surface area contributed by atoms with Crippen LogP contribution in [0.25, 0.3) is 10.9 Å². The van der Waals surface area contributed by atoms with Crippen LogP contribution in [0, 0.1) is 6.92 Å². The number of benzene rings is 3. The molecule has 1 saturated heterocycles. The second kappa shape index (κ2) is 10.7. The summed E-state index contributed by atoms with van der Waals surface area (Å²) in [6.45, 7) is 5.01. The Morgan fingerprint density at radius 2 is 1.70 bits per heavy atom. The summed E-state index contributed by atoms with van der Waals surface area (Å²) in [4.78, 5) is 28.9. The molecule has 8 heteroatoms. The van der Waals surface area contributed by atoms with Gasteiger partial charge in [-0.1, -0.05) is 11.6 Å². The van der Waals surface area contributed by atoms with E-state index in [1.54, 1.807) is 35.9 Å². The van der Waals surface area contributed by atoms with Crippen LogP contribution < -0.4 is 15.0 Å². The van der Waals surface area contributed by atoms with Crippen molar-refractivity contribution in [2.24, 2.45) is 0 Å². The minimum atomic E-state index is -0.185. The number of ether oxygens (including phenoxy) is 2. The first kappa shape index (κ1) is 24.9. The molecule has 1 fully saturated rings. The van der Waals surface area contributed by atoms with Crippen LogP contribution in [0.15, 0.2) is 66.7 Å². The van der Waals surface area contributed by atoms with Gasteiger partial charge in [-0.15, -0.1) is 0 Å². The zero-order chi connectivity index (χ0) is 25.9. The number of anilines is 2. The van der Waals surface area contributed by atoms with Crippen LogP contribution in [-0.2, 0) is 16.0 Å². The number of rotatable bonds is 6. The fourth-order valence-electron chi connectivity index (χ4n) is 4.74.